The number of carbonyl (C=O) groups excluding carboxylic acids is 2. The zero-order chi connectivity index (χ0) is 23.2. The van der Waals surface area contributed by atoms with Gasteiger partial charge < -0.3 is 19.3 Å². The van der Waals surface area contributed by atoms with E-state index in [1.54, 1.807) is 28.0 Å². The molecule has 1 saturated heterocycles. The van der Waals surface area contributed by atoms with Crippen LogP contribution < -0.4 is 9.47 Å². The molecule has 33 heavy (non-hydrogen) atoms. The number of nitrogens with zero attached hydrogens (tertiary/aromatic N) is 3. The summed E-state index contributed by atoms with van der Waals surface area (Å²) in [6.45, 7) is 3.96. The molecule has 1 heterocycles. The molecule has 0 N–H and O–H groups in total. The standard InChI is InChI=1S/C26H25N3O4/c1-2-32-24-16-19(17-27)10-11-23(24)33-18-25(30)28-12-14-29(15-13-28)26(31)22-9-5-7-20-6-3-4-8-21(20)22/h3-11,16H,2,12-15,18H2,1H3. The monoisotopic (exact) mass is 443 g/mol. The summed E-state index contributed by atoms with van der Waals surface area (Å²) in [5, 5.41) is 11.0. The summed E-state index contributed by atoms with van der Waals surface area (Å²) < 4.78 is 11.2. The first-order valence-corrected chi connectivity index (χ1v) is 10.9. The smallest absolute Gasteiger partial charge is 0.260 e. The average Bonchev–Trinajstić information content (AvgIpc) is 2.87. The lowest BCUT2D eigenvalue weighted by atomic mass is 10.0. The van der Waals surface area contributed by atoms with Crippen molar-refractivity contribution in [3.63, 3.8) is 0 Å². The Morgan fingerprint density at radius 3 is 2.39 bits per heavy atom. The summed E-state index contributed by atoms with van der Waals surface area (Å²) in [7, 11) is 0. The summed E-state index contributed by atoms with van der Waals surface area (Å²) in [4.78, 5) is 29.3. The first-order valence-electron chi connectivity index (χ1n) is 10.9. The van der Waals surface area contributed by atoms with E-state index < -0.39 is 0 Å². The van der Waals surface area contributed by atoms with Gasteiger partial charge in [0.15, 0.2) is 18.1 Å². The maximum Gasteiger partial charge on any atom is 0.260 e. The van der Waals surface area contributed by atoms with Crippen molar-refractivity contribution >= 4 is 22.6 Å². The Bertz CT molecular complexity index is 1200. The Hall–Kier alpha value is -4.05. The number of carbonyl (C=O) groups is 2. The van der Waals surface area contributed by atoms with Gasteiger partial charge in [0, 0.05) is 37.8 Å². The Balaban J connectivity index is 1.35. The van der Waals surface area contributed by atoms with Crippen molar-refractivity contribution < 1.29 is 19.1 Å². The predicted octanol–water partition coefficient (Wildman–Crippen LogP) is 3.47. The molecule has 0 bridgehead atoms. The maximum absolute atomic E-state index is 13.1. The predicted molar refractivity (Wildman–Crippen MR) is 124 cm³/mol. The molecule has 7 heteroatoms. The van der Waals surface area contributed by atoms with E-state index >= 15 is 0 Å². The molecule has 3 aromatic rings. The molecular formula is C26H25N3O4. The molecule has 7 nitrogen and oxygen atoms in total. The number of amides is 2. The van der Waals surface area contributed by atoms with Gasteiger partial charge in [0.05, 0.1) is 18.2 Å². The number of hydrogen-bond donors (Lipinski definition) is 0. The van der Waals surface area contributed by atoms with E-state index in [9.17, 15) is 9.59 Å². The van der Waals surface area contributed by atoms with Crippen LogP contribution in [-0.2, 0) is 4.79 Å². The number of fused-ring (bicyclic) bond motifs is 1. The van der Waals surface area contributed by atoms with E-state index in [1.165, 1.54) is 0 Å². The molecule has 0 aromatic heterocycles. The highest BCUT2D eigenvalue weighted by atomic mass is 16.5. The third-order valence-electron chi connectivity index (χ3n) is 5.66. The molecule has 0 aliphatic carbocycles. The molecule has 168 valence electrons. The van der Waals surface area contributed by atoms with Crippen molar-refractivity contribution in [3.05, 3.63) is 71.8 Å². The van der Waals surface area contributed by atoms with Crippen molar-refractivity contribution in [2.24, 2.45) is 0 Å². The quantitative estimate of drug-likeness (QED) is 0.583. The topological polar surface area (TPSA) is 82.9 Å². The number of ether oxygens (including phenoxy) is 2. The summed E-state index contributed by atoms with van der Waals surface area (Å²) in [6.07, 6.45) is 0. The van der Waals surface area contributed by atoms with Crippen LogP contribution in [0, 0.1) is 11.3 Å². The normalized spacial score (nSPS) is 13.5. The molecule has 2 amide bonds. The van der Waals surface area contributed by atoms with Gasteiger partial charge in [-0.05, 0) is 35.9 Å². The number of benzene rings is 3. The fourth-order valence-corrected chi connectivity index (χ4v) is 3.94. The molecule has 0 spiro atoms. The first-order chi connectivity index (χ1) is 16.1. The Morgan fingerprint density at radius 1 is 0.909 bits per heavy atom. The Morgan fingerprint density at radius 2 is 1.64 bits per heavy atom. The average molecular weight is 444 g/mol. The van der Waals surface area contributed by atoms with Gasteiger partial charge in [-0.15, -0.1) is 0 Å². The van der Waals surface area contributed by atoms with E-state index in [0.29, 0.717) is 55.4 Å². The van der Waals surface area contributed by atoms with Crippen LogP contribution in [0.25, 0.3) is 10.8 Å². The third kappa shape index (κ3) is 4.90. The fourth-order valence-electron chi connectivity index (χ4n) is 3.94. The first kappa shape index (κ1) is 22.2. The van der Waals surface area contributed by atoms with Crippen LogP contribution in [0.1, 0.15) is 22.8 Å². The number of hydrogen-bond acceptors (Lipinski definition) is 5. The zero-order valence-electron chi connectivity index (χ0n) is 18.5. The lowest BCUT2D eigenvalue weighted by Gasteiger charge is -2.35. The summed E-state index contributed by atoms with van der Waals surface area (Å²) >= 11 is 0. The van der Waals surface area contributed by atoms with E-state index in [0.717, 1.165) is 10.8 Å². The van der Waals surface area contributed by atoms with E-state index in [-0.39, 0.29) is 18.4 Å². The van der Waals surface area contributed by atoms with E-state index in [2.05, 4.69) is 6.07 Å². The van der Waals surface area contributed by atoms with Crippen molar-refractivity contribution in [1.29, 1.82) is 5.26 Å². The van der Waals surface area contributed by atoms with Gasteiger partial charge in [-0.3, -0.25) is 9.59 Å². The molecule has 0 saturated carbocycles. The highest BCUT2D eigenvalue weighted by molar-refractivity contribution is 6.07. The lowest BCUT2D eigenvalue weighted by molar-refractivity contribution is -0.134. The molecule has 1 fully saturated rings. The summed E-state index contributed by atoms with van der Waals surface area (Å²) in [5.41, 5.74) is 1.14. The summed E-state index contributed by atoms with van der Waals surface area (Å²) in [6, 6.07) is 20.5. The minimum absolute atomic E-state index is 0.0194. The second-order valence-corrected chi connectivity index (χ2v) is 7.69. The minimum atomic E-state index is -0.154. The molecular weight excluding hydrogens is 418 g/mol. The largest absolute Gasteiger partial charge is 0.490 e. The van der Waals surface area contributed by atoms with Gasteiger partial charge in [-0.2, -0.15) is 5.26 Å². The van der Waals surface area contributed by atoms with Crippen molar-refractivity contribution in [3.8, 4) is 17.6 Å². The molecule has 0 unspecified atom stereocenters. The van der Waals surface area contributed by atoms with Crippen LogP contribution in [0.15, 0.2) is 60.7 Å². The molecule has 0 atom stereocenters. The van der Waals surface area contributed by atoms with Crippen LogP contribution in [-0.4, -0.2) is 61.0 Å². The zero-order valence-corrected chi connectivity index (χ0v) is 18.5. The maximum atomic E-state index is 13.1. The highest BCUT2D eigenvalue weighted by Gasteiger charge is 2.26. The molecule has 1 aliphatic heterocycles. The van der Waals surface area contributed by atoms with E-state index in [1.807, 2.05) is 49.4 Å². The number of nitriles is 1. The third-order valence-corrected chi connectivity index (χ3v) is 5.66. The van der Waals surface area contributed by atoms with Crippen molar-refractivity contribution in [2.75, 3.05) is 39.4 Å². The SMILES string of the molecule is CCOc1cc(C#N)ccc1OCC(=O)N1CCN(C(=O)c2cccc3ccccc23)CC1. The van der Waals surface area contributed by atoms with E-state index in [4.69, 9.17) is 14.7 Å². The van der Waals surface area contributed by atoms with Crippen LogP contribution in [0.2, 0.25) is 0 Å². The highest BCUT2D eigenvalue weighted by Crippen LogP contribution is 2.28. The number of rotatable bonds is 6. The summed E-state index contributed by atoms with van der Waals surface area (Å²) in [5.74, 6) is 0.692. The van der Waals surface area contributed by atoms with Crippen LogP contribution >= 0.6 is 0 Å². The van der Waals surface area contributed by atoms with Gasteiger partial charge in [-0.1, -0.05) is 36.4 Å². The Kier molecular flexibility index (Phi) is 6.75. The van der Waals surface area contributed by atoms with Crippen LogP contribution in [0.4, 0.5) is 0 Å². The van der Waals surface area contributed by atoms with Crippen molar-refractivity contribution in [2.45, 2.75) is 6.92 Å². The second kappa shape index (κ2) is 10.0. The van der Waals surface area contributed by atoms with Gasteiger partial charge in [0.1, 0.15) is 0 Å². The van der Waals surface area contributed by atoms with Gasteiger partial charge >= 0.3 is 0 Å². The molecule has 1 aliphatic rings. The molecule has 0 radical (unpaired) electrons. The minimum Gasteiger partial charge on any atom is -0.490 e. The number of piperazine rings is 1. The molecule has 3 aromatic carbocycles. The fraction of sp³-hybridized carbons (Fsp3) is 0.269. The van der Waals surface area contributed by atoms with Crippen LogP contribution in [0.3, 0.4) is 0 Å². The van der Waals surface area contributed by atoms with Crippen molar-refractivity contribution in [1.82, 2.24) is 9.80 Å². The van der Waals surface area contributed by atoms with Gasteiger partial charge in [0.2, 0.25) is 0 Å². The molecule has 4 rings (SSSR count). The second-order valence-electron chi connectivity index (χ2n) is 7.69. The lowest BCUT2D eigenvalue weighted by Crippen LogP contribution is -2.51. The Labute approximate surface area is 192 Å². The van der Waals surface area contributed by atoms with Gasteiger partial charge in [0.25, 0.3) is 11.8 Å². The van der Waals surface area contributed by atoms with Crippen LogP contribution in [0.5, 0.6) is 11.5 Å². The van der Waals surface area contributed by atoms with Gasteiger partial charge in [-0.25, -0.2) is 0 Å².